The quantitative estimate of drug-likeness (QED) is 0.523. The van der Waals surface area contributed by atoms with Gasteiger partial charge >= 0.3 is 11.9 Å². The van der Waals surface area contributed by atoms with Crippen molar-refractivity contribution in [1.82, 2.24) is 4.72 Å². The molecule has 0 aromatic heterocycles. The van der Waals surface area contributed by atoms with Crippen LogP contribution in [0.2, 0.25) is 0 Å². The van der Waals surface area contributed by atoms with Crippen LogP contribution in [-0.2, 0) is 24.3 Å². The Morgan fingerprint density at radius 2 is 1.73 bits per heavy atom. The van der Waals surface area contributed by atoms with E-state index >= 15 is 0 Å². The fourth-order valence-corrected chi connectivity index (χ4v) is 5.57. The molecule has 0 heterocycles. The second-order valence-corrected chi connectivity index (χ2v) is 9.58. The van der Waals surface area contributed by atoms with Crippen molar-refractivity contribution in [3.05, 3.63) is 53.8 Å². The Bertz CT molecular complexity index is 1130. The zero-order valence-corrected chi connectivity index (χ0v) is 19.2. The van der Waals surface area contributed by atoms with E-state index in [0.717, 1.165) is 0 Å². The summed E-state index contributed by atoms with van der Waals surface area (Å²) in [5, 5.41) is 9.69. The molecule has 1 fully saturated rings. The number of ether oxygens (including phenoxy) is 2. The zero-order valence-electron chi connectivity index (χ0n) is 18.3. The van der Waals surface area contributed by atoms with Crippen LogP contribution in [0.15, 0.2) is 47.4 Å². The summed E-state index contributed by atoms with van der Waals surface area (Å²) in [6.07, 6.45) is 1.53. The SMILES string of the molecule is CCOC(=O)C(C)c1cc(Oc2ccc(F)cc2)ccc1S(=O)(=O)NC1(C(=O)O)CCCC1. The minimum Gasteiger partial charge on any atom is -0.480 e. The number of hydrogen-bond donors (Lipinski definition) is 2. The summed E-state index contributed by atoms with van der Waals surface area (Å²) in [5.41, 5.74) is -1.49. The number of carboxylic acid groups (broad SMARTS) is 1. The van der Waals surface area contributed by atoms with E-state index in [1.165, 1.54) is 49.4 Å². The number of carboxylic acids is 1. The number of rotatable bonds is 9. The molecule has 0 spiro atoms. The van der Waals surface area contributed by atoms with Gasteiger partial charge in [0.15, 0.2) is 0 Å². The number of carbonyl (C=O) groups is 2. The third kappa shape index (κ3) is 5.51. The van der Waals surface area contributed by atoms with E-state index in [1.807, 2.05) is 0 Å². The highest BCUT2D eigenvalue weighted by molar-refractivity contribution is 7.89. The monoisotopic (exact) mass is 479 g/mol. The van der Waals surface area contributed by atoms with Gasteiger partial charge in [-0.3, -0.25) is 9.59 Å². The molecule has 178 valence electrons. The summed E-state index contributed by atoms with van der Waals surface area (Å²) >= 11 is 0. The zero-order chi connectivity index (χ0) is 24.2. The topological polar surface area (TPSA) is 119 Å². The fraction of sp³-hybridized carbons (Fsp3) is 0.391. The van der Waals surface area contributed by atoms with Gasteiger partial charge < -0.3 is 14.6 Å². The lowest BCUT2D eigenvalue weighted by Crippen LogP contribution is -2.52. The van der Waals surface area contributed by atoms with Gasteiger partial charge in [-0.05, 0) is 74.7 Å². The van der Waals surface area contributed by atoms with Crippen LogP contribution in [0, 0.1) is 5.82 Å². The summed E-state index contributed by atoms with van der Waals surface area (Å²) < 4.78 is 52.9. The van der Waals surface area contributed by atoms with Gasteiger partial charge in [0.2, 0.25) is 10.0 Å². The Balaban J connectivity index is 2.02. The van der Waals surface area contributed by atoms with Gasteiger partial charge in [0.05, 0.1) is 17.4 Å². The number of benzene rings is 2. The van der Waals surface area contributed by atoms with Crippen molar-refractivity contribution in [3.8, 4) is 11.5 Å². The maximum atomic E-state index is 13.3. The number of esters is 1. The average Bonchev–Trinajstić information content (AvgIpc) is 3.24. The van der Waals surface area contributed by atoms with Crippen LogP contribution < -0.4 is 9.46 Å². The van der Waals surface area contributed by atoms with Crippen molar-refractivity contribution in [2.24, 2.45) is 0 Å². The minimum atomic E-state index is -4.31. The van der Waals surface area contributed by atoms with Gasteiger partial charge in [0.1, 0.15) is 22.9 Å². The summed E-state index contributed by atoms with van der Waals surface area (Å²) in [5.74, 6) is -2.75. The van der Waals surface area contributed by atoms with Crippen molar-refractivity contribution < 1.29 is 37.0 Å². The molecule has 0 amide bonds. The van der Waals surface area contributed by atoms with E-state index in [9.17, 15) is 27.5 Å². The Labute approximate surface area is 191 Å². The van der Waals surface area contributed by atoms with Crippen LogP contribution in [0.3, 0.4) is 0 Å². The van der Waals surface area contributed by atoms with E-state index < -0.39 is 39.2 Å². The number of nitrogens with one attached hydrogen (secondary N) is 1. The summed E-state index contributed by atoms with van der Waals surface area (Å²) in [6.45, 7) is 3.24. The van der Waals surface area contributed by atoms with Gasteiger partial charge in [-0.2, -0.15) is 4.72 Å². The third-order valence-electron chi connectivity index (χ3n) is 5.62. The third-order valence-corrected chi connectivity index (χ3v) is 7.23. The standard InChI is InChI=1S/C23H26FNO7S/c1-3-31-21(26)15(2)19-14-18(32-17-8-6-16(24)7-9-17)10-11-20(19)33(29,30)25-23(22(27)28)12-4-5-13-23/h6-11,14-15,25H,3-5,12-13H2,1-2H3,(H,27,28). The van der Waals surface area contributed by atoms with E-state index in [-0.39, 0.29) is 35.7 Å². The smallest absolute Gasteiger partial charge is 0.324 e. The molecular weight excluding hydrogens is 453 g/mol. The number of halogens is 1. The molecule has 3 rings (SSSR count). The predicted molar refractivity (Wildman–Crippen MR) is 117 cm³/mol. The molecular formula is C23H26FNO7S. The van der Waals surface area contributed by atoms with Crippen LogP contribution >= 0.6 is 0 Å². The first-order valence-electron chi connectivity index (χ1n) is 10.6. The summed E-state index contributed by atoms with van der Waals surface area (Å²) in [4.78, 5) is 24.1. The second kappa shape index (κ2) is 9.88. The normalized spacial score (nSPS) is 16.2. The van der Waals surface area contributed by atoms with E-state index in [2.05, 4.69) is 4.72 Å². The molecule has 33 heavy (non-hydrogen) atoms. The Hall–Kier alpha value is -2.98. The molecule has 2 aromatic carbocycles. The molecule has 2 aromatic rings. The molecule has 1 atom stereocenters. The number of hydrogen-bond acceptors (Lipinski definition) is 6. The first-order chi connectivity index (χ1) is 15.6. The van der Waals surface area contributed by atoms with Crippen molar-refractivity contribution in [1.29, 1.82) is 0 Å². The highest BCUT2D eigenvalue weighted by Gasteiger charge is 2.45. The van der Waals surface area contributed by atoms with E-state index in [0.29, 0.717) is 18.6 Å². The molecule has 0 radical (unpaired) electrons. The molecule has 0 bridgehead atoms. The fourth-order valence-electron chi connectivity index (χ4n) is 3.86. The summed E-state index contributed by atoms with van der Waals surface area (Å²) in [7, 11) is -4.31. The number of carbonyl (C=O) groups excluding carboxylic acids is 1. The molecule has 1 unspecified atom stereocenters. The van der Waals surface area contributed by atoms with Gasteiger partial charge in [0.25, 0.3) is 0 Å². The van der Waals surface area contributed by atoms with Gasteiger partial charge in [0, 0.05) is 0 Å². The predicted octanol–water partition coefficient (Wildman–Crippen LogP) is 3.96. The molecule has 1 aliphatic carbocycles. The highest BCUT2D eigenvalue weighted by atomic mass is 32.2. The first-order valence-corrected chi connectivity index (χ1v) is 12.1. The first kappa shape index (κ1) is 24.7. The molecule has 10 heteroatoms. The largest absolute Gasteiger partial charge is 0.480 e. The van der Waals surface area contributed by atoms with Gasteiger partial charge in [-0.25, -0.2) is 12.8 Å². The Kier molecular flexibility index (Phi) is 7.38. The van der Waals surface area contributed by atoms with Crippen molar-refractivity contribution >= 4 is 22.0 Å². The summed E-state index contributed by atoms with van der Waals surface area (Å²) in [6, 6.07) is 9.29. The number of sulfonamides is 1. The lowest BCUT2D eigenvalue weighted by Gasteiger charge is -2.26. The molecule has 1 saturated carbocycles. The van der Waals surface area contributed by atoms with Crippen molar-refractivity contribution in [2.45, 2.75) is 55.9 Å². The van der Waals surface area contributed by atoms with Crippen LogP contribution in [0.1, 0.15) is 51.0 Å². The molecule has 0 aliphatic heterocycles. The van der Waals surface area contributed by atoms with Crippen molar-refractivity contribution in [2.75, 3.05) is 6.61 Å². The molecule has 1 aliphatic rings. The highest BCUT2D eigenvalue weighted by Crippen LogP contribution is 2.35. The Morgan fingerprint density at radius 1 is 1.12 bits per heavy atom. The van der Waals surface area contributed by atoms with Gasteiger partial charge in [-0.15, -0.1) is 0 Å². The van der Waals surface area contributed by atoms with Crippen LogP contribution in [0.4, 0.5) is 4.39 Å². The van der Waals surface area contributed by atoms with Crippen LogP contribution in [0.25, 0.3) is 0 Å². The maximum Gasteiger partial charge on any atom is 0.324 e. The van der Waals surface area contributed by atoms with E-state index in [1.54, 1.807) is 6.92 Å². The van der Waals surface area contributed by atoms with Crippen LogP contribution in [-0.4, -0.2) is 37.6 Å². The Morgan fingerprint density at radius 3 is 2.30 bits per heavy atom. The number of aliphatic carboxylic acids is 1. The molecule has 8 nitrogen and oxygen atoms in total. The maximum absolute atomic E-state index is 13.3. The van der Waals surface area contributed by atoms with Crippen LogP contribution in [0.5, 0.6) is 11.5 Å². The molecule has 2 N–H and O–H groups in total. The van der Waals surface area contributed by atoms with Crippen molar-refractivity contribution in [3.63, 3.8) is 0 Å². The van der Waals surface area contributed by atoms with E-state index in [4.69, 9.17) is 9.47 Å². The average molecular weight is 480 g/mol. The lowest BCUT2D eigenvalue weighted by molar-refractivity contribution is -0.145. The second-order valence-electron chi connectivity index (χ2n) is 7.93. The lowest BCUT2D eigenvalue weighted by atomic mass is 10.0. The van der Waals surface area contributed by atoms with Gasteiger partial charge in [-0.1, -0.05) is 12.8 Å². The minimum absolute atomic E-state index is 0.0964. The molecule has 0 saturated heterocycles.